The van der Waals surface area contributed by atoms with Crippen LogP contribution in [0.1, 0.15) is 30.9 Å². The molecule has 2 aromatic carbocycles. The largest absolute Gasteiger partial charge is 0.493 e. The van der Waals surface area contributed by atoms with Gasteiger partial charge in [0.2, 0.25) is 5.91 Å². The first-order valence-electron chi connectivity index (χ1n) is 15.2. The third-order valence-corrected chi connectivity index (χ3v) is 9.00. The van der Waals surface area contributed by atoms with Crippen LogP contribution in [0.4, 0.5) is 10.2 Å². The minimum absolute atomic E-state index is 0.0247. The van der Waals surface area contributed by atoms with Gasteiger partial charge in [0.25, 0.3) is 0 Å². The number of ether oxygens (including phenoxy) is 1. The molecule has 230 valence electrons. The Hall–Kier alpha value is -3.24. The van der Waals surface area contributed by atoms with Crippen LogP contribution in [0.2, 0.25) is 5.02 Å². The van der Waals surface area contributed by atoms with E-state index in [0.717, 1.165) is 55.6 Å². The number of halogens is 2. The molecule has 2 aliphatic rings. The van der Waals surface area contributed by atoms with Gasteiger partial charge in [-0.25, -0.2) is 9.37 Å². The summed E-state index contributed by atoms with van der Waals surface area (Å²) in [6, 6.07) is 14.2. The Morgan fingerprint density at radius 2 is 1.81 bits per heavy atom. The molecule has 1 aromatic heterocycles. The molecule has 0 radical (unpaired) electrons. The highest BCUT2D eigenvalue weighted by Gasteiger charge is 2.33. The first-order valence-corrected chi connectivity index (χ1v) is 15.6. The van der Waals surface area contributed by atoms with E-state index in [-0.39, 0.29) is 17.6 Å². The van der Waals surface area contributed by atoms with E-state index in [9.17, 15) is 9.18 Å². The van der Waals surface area contributed by atoms with E-state index in [1.54, 1.807) is 18.3 Å². The van der Waals surface area contributed by atoms with Gasteiger partial charge in [-0.1, -0.05) is 23.7 Å². The number of nitrogens with two attached hydrogens (primary N) is 2. The summed E-state index contributed by atoms with van der Waals surface area (Å²) in [4.78, 5) is 24.1. The van der Waals surface area contributed by atoms with Gasteiger partial charge in [0.15, 0.2) is 0 Å². The molecule has 0 bridgehead atoms. The number of piperazine rings is 1. The normalized spacial score (nSPS) is 17.6. The minimum atomic E-state index is -0.502. The molecule has 3 heterocycles. The molecule has 2 aliphatic heterocycles. The number of carbonyl (C=O) groups excluding carboxylic acids is 1. The third-order valence-electron chi connectivity index (χ3n) is 8.76. The van der Waals surface area contributed by atoms with E-state index in [0.29, 0.717) is 61.5 Å². The number of likely N-dealkylation sites (tertiary alicyclic amines) is 1. The number of nitrogen functional groups attached to an aromatic ring is 1. The second kappa shape index (κ2) is 14.5. The van der Waals surface area contributed by atoms with Gasteiger partial charge >= 0.3 is 0 Å². The molecule has 2 saturated heterocycles. The smallest absolute Gasteiger partial charge is 0.239 e. The summed E-state index contributed by atoms with van der Waals surface area (Å²) in [5, 5.41) is 0.702. The minimum Gasteiger partial charge on any atom is -0.493 e. The number of hydrogen-bond acceptors (Lipinski definition) is 7. The van der Waals surface area contributed by atoms with Crippen molar-refractivity contribution in [3.05, 3.63) is 76.7 Å². The van der Waals surface area contributed by atoms with Gasteiger partial charge in [-0.15, -0.1) is 0 Å². The monoisotopic (exact) mass is 608 g/mol. The standard InChI is InChI=1S/C33H42ClFN6O2/c1-2-43-30-7-3-6-29(35)28(30)22-40-17-19-41(20-18-40)33(42)31(36)23-10-14-39(15-11-23)16-12-24-21-25(34)8-9-26(24)27-5-4-13-38-32(27)37/h3-9,13,21,23,31H,2,10-12,14-20,22,36H2,1H3,(H2,37,38)/t31-/m1/s1. The topological polar surface area (TPSA) is 101 Å². The Morgan fingerprint density at radius 3 is 2.53 bits per heavy atom. The second-order valence-corrected chi connectivity index (χ2v) is 11.9. The number of nitrogens with zero attached hydrogens (tertiary/aromatic N) is 4. The predicted molar refractivity (Wildman–Crippen MR) is 169 cm³/mol. The molecule has 2 fully saturated rings. The highest BCUT2D eigenvalue weighted by molar-refractivity contribution is 6.30. The first-order chi connectivity index (χ1) is 20.8. The highest BCUT2D eigenvalue weighted by atomic mass is 35.5. The molecular weight excluding hydrogens is 567 g/mol. The number of anilines is 1. The lowest BCUT2D eigenvalue weighted by molar-refractivity contribution is -0.136. The van der Waals surface area contributed by atoms with E-state index in [2.05, 4.69) is 14.8 Å². The molecule has 0 spiro atoms. The summed E-state index contributed by atoms with van der Waals surface area (Å²) < 4.78 is 20.2. The number of rotatable bonds is 10. The van der Waals surface area contributed by atoms with Crippen LogP contribution >= 0.6 is 11.6 Å². The Morgan fingerprint density at radius 1 is 1.05 bits per heavy atom. The van der Waals surface area contributed by atoms with E-state index < -0.39 is 6.04 Å². The van der Waals surface area contributed by atoms with Crippen molar-refractivity contribution in [2.75, 3.05) is 58.2 Å². The molecule has 1 atom stereocenters. The molecule has 1 amide bonds. The van der Waals surface area contributed by atoms with Crippen molar-refractivity contribution >= 4 is 23.3 Å². The summed E-state index contributed by atoms with van der Waals surface area (Å²) >= 11 is 6.35. The van der Waals surface area contributed by atoms with Crippen LogP contribution in [0.15, 0.2) is 54.7 Å². The first kappa shape index (κ1) is 31.2. The van der Waals surface area contributed by atoms with Gasteiger partial charge in [-0.2, -0.15) is 0 Å². The Bertz CT molecular complexity index is 1390. The lowest BCUT2D eigenvalue weighted by Gasteiger charge is -2.39. The van der Waals surface area contributed by atoms with Crippen LogP contribution < -0.4 is 16.2 Å². The van der Waals surface area contributed by atoms with Crippen molar-refractivity contribution in [1.29, 1.82) is 0 Å². The number of piperidine rings is 1. The molecule has 5 rings (SSSR count). The number of hydrogen-bond donors (Lipinski definition) is 2. The molecule has 10 heteroatoms. The van der Waals surface area contributed by atoms with Crippen molar-refractivity contribution in [2.45, 2.75) is 38.8 Å². The fourth-order valence-corrected chi connectivity index (χ4v) is 6.43. The van der Waals surface area contributed by atoms with Crippen molar-refractivity contribution < 1.29 is 13.9 Å². The van der Waals surface area contributed by atoms with Crippen LogP contribution in [0.3, 0.4) is 0 Å². The summed E-state index contributed by atoms with van der Waals surface area (Å²) in [7, 11) is 0. The maximum atomic E-state index is 14.5. The van der Waals surface area contributed by atoms with Crippen LogP contribution in [0.5, 0.6) is 5.75 Å². The SMILES string of the molecule is CCOc1cccc(F)c1CN1CCN(C(=O)[C@H](N)C2CCN(CCc3cc(Cl)ccc3-c3cccnc3N)CC2)CC1. The lowest BCUT2D eigenvalue weighted by atomic mass is 9.88. The summed E-state index contributed by atoms with van der Waals surface area (Å²) in [6.45, 7) is 8.05. The second-order valence-electron chi connectivity index (χ2n) is 11.4. The van der Waals surface area contributed by atoms with Crippen molar-refractivity contribution in [1.82, 2.24) is 19.7 Å². The molecule has 0 aliphatic carbocycles. The predicted octanol–water partition coefficient (Wildman–Crippen LogP) is 4.45. The number of pyridine rings is 1. The Balaban J connectivity index is 1.09. The van der Waals surface area contributed by atoms with E-state index in [1.807, 2.05) is 42.2 Å². The molecule has 0 unspecified atom stereocenters. The van der Waals surface area contributed by atoms with E-state index in [4.69, 9.17) is 27.8 Å². The highest BCUT2D eigenvalue weighted by Crippen LogP contribution is 2.31. The number of aromatic nitrogens is 1. The summed E-state index contributed by atoms with van der Waals surface area (Å²) in [5.41, 5.74) is 16.4. The van der Waals surface area contributed by atoms with Crippen LogP contribution in [0.25, 0.3) is 11.1 Å². The third kappa shape index (κ3) is 7.65. The molecule has 8 nitrogen and oxygen atoms in total. The molecule has 0 saturated carbocycles. The van der Waals surface area contributed by atoms with Crippen molar-refractivity contribution in [2.24, 2.45) is 11.7 Å². The van der Waals surface area contributed by atoms with Crippen molar-refractivity contribution in [3.8, 4) is 16.9 Å². The van der Waals surface area contributed by atoms with Crippen LogP contribution in [0, 0.1) is 11.7 Å². The zero-order valence-corrected chi connectivity index (χ0v) is 25.6. The van der Waals surface area contributed by atoms with Crippen LogP contribution in [-0.2, 0) is 17.8 Å². The summed E-state index contributed by atoms with van der Waals surface area (Å²) in [5.74, 6) is 1.01. The van der Waals surface area contributed by atoms with Gasteiger partial charge < -0.3 is 26.0 Å². The average molecular weight is 609 g/mol. The van der Waals surface area contributed by atoms with Crippen molar-refractivity contribution in [3.63, 3.8) is 0 Å². The lowest BCUT2D eigenvalue weighted by Crippen LogP contribution is -2.55. The zero-order chi connectivity index (χ0) is 30.3. The molecular formula is C33H42ClFN6O2. The fraction of sp³-hybridized carbons (Fsp3) is 0.455. The average Bonchev–Trinajstić information content (AvgIpc) is 3.02. The quantitative estimate of drug-likeness (QED) is 0.351. The van der Waals surface area contributed by atoms with Gasteiger partial charge in [0, 0.05) is 61.6 Å². The van der Waals surface area contributed by atoms with Gasteiger partial charge in [-0.05, 0) is 92.7 Å². The summed E-state index contributed by atoms with van der Waals surface area (Å²) in [6.07, 6.45) is 4.31. The Kier molecular flexibility index (Phi) is 10.5. The number of benzene rings is 2. The Labute approximate surface area is 258 Å². The molecule has 3 aromatic rings. The van der Waals surface area contributed by atoms with Gasteiger partial charge in [0.05, 0.1) is 12.6 Å². The molecule has 4 N–H and O–H groups in total. The maximum Gasteiger partial charge on any atom is 0.239 e. The van der Waals surface area contributed by atoms with Crippen LogP contribution in [-0.4, -0.2) is 84.1 Å². The zero-order valence-electron chi connectivity index (χ0n) is 24.9. The van der Waals surface area contributed by atoms with Gasteiger partial charge in [-0.3, -0.25) is 9.69 Å². The fourth-order valence-electron chi connectivity index (χ4n) is 6.24. The maximum absolute atomic E-state index is 14.5. The van der Waals surface area contributed by atoms with Gasteiger partial charge in [0.1, 0.15) is 17.4 Å². The number of amides is 1. The van der Waals surface area contributed by atoms with E-state index >= 15 is 0 Å². The molecule has 43 heavy (non-hydrogen) atoms. The number of carbonyl (C=O) groups is 1. The van der Waals surface area contributed by atoms with E-state index in [1.165, 1.54) is 6.07 Å².